The molecule has 0 N–H and O–H groups in total. The maximum atomic E-state index is 0. The normalized spacial score (nSPS) is 0. The van der Waals surface area contributed by atoms with Crippen LogP contribution in [-0.2, 0) is 41.5 Å². The van der Waals surface area contributed by atoms with Crippen molar-refractivity contribution in [2.45, 2.75) is 0 Å². The fourth-order valence-corrected chi connectivity index (χ4v) is 0. The zero-order valence-electron chi connectivity index (χ0n) is 1.07. The molecule has 0 atom stereocenters. The molecule has 0 aliphatic heterocycles. The number of hydrogen-bond donors (Lipinski definition) is 0. The molecule has 0 fully saturated rings. The van der Waals surface area contributed by atoms with Crippen molar-refractivity contribution < 1.29 is 41.5 Å². The molecular weight excluding hydrogens is 480 g/mol. The average Bonchev–Trinajstić information content (AvgIpc) is 0. The number of rotatable bonds is 0. The second-order valence-electron chi connectivity index (χ2n) is 0. The molecule has 30 valence electrons. The van der Waals surface area contributed by atoms with Crippen molar-refractivity contribution in [1.82, 2.24) is 0 Å². The maximum absolute atomic E-state index is 0. The van der Waals surface area contributed by atoms with Gasteiger partial charge < -0.3 is 0 Å². The molecule has 0 heterocycles. The largest absolute Gasteiger partial charge is 0.316 e. The molecule has 2 radical (unpaired) electrons. The van der Waals surface area contributed by atoms with Crippen LogP contribution in [0.2, 0.25) is 0 Å². The molecule has 0 rings (SSSR count). The van der Waals surface area contributed by atoms with Gasteiger partial charge in [-0.25, -0.2) is 0 Å². The van der Waals surface area contributed by atoms with Gasteiger partial charge in [-0.15, -0.1) is 0 Å². The predicted octanol–water partition coefficient (Wildman–Crippen LogP) is -0.880. The van der Waals surface area contributed by atoms with E-state index in [1.54, 1.807) is 0 Å². The van der Waals surface area contributed by atoms with E-state index in [4.69, 9.17) is 0 Å². The van der Waals surface area contributed by atoms with Crippen molar-refractivity contribution in [3.8, 4) is 0 Å². The van der Waals surface area contributed by atoms with Crippen LogP contribution in [0.4, 0.5) is 0 Å². The Morgan fingerprint density at radius 1 is 1.00 bits per heavy atom. The van der Waals surface area contributed by atoms with Gasteiger partial charge in [-0.3, -0.25) is 0 Å². The molecule has 0 nitrogen and oxygen atoms in total. The molecule has 0 aromatic heterocycles. The van der Waals surface area contributed by atoms with Gasteiger partial charge in [0, 0.05) is 53.9 Å². The van der Waals surface area contributed by atoms with Crippen LogP contribution in [0.1, 0.15) is 0 Å². The van der Waals surface area contributed by atoms with E-state index in [0.717, 1.165) is 0 Å². The Morgan fingerprint density at radius 3 is 1.00 bits per heavy atom. The van der Waals surface area contributed by atoms with Crippen LogP contribution in [0.5, 0.6) is 0 Å². The van der Waals surface area contributed by atoms with Crippen LogP contribution in [0.25, 0.3) is 0 Å². The maximum Gasteiger partial charge on any atom is 0.316 e. The van der Waals surface area contributed by atoms with Gasteiger partial charge in [0.25, 0.3) is 0 Å². The summed E-state index contributed by atoms with van der Waals surface area (Å²) < 4.78 is 0. The third-order valence-electron chi connectivity index (χ3n) is 0. The summed E-state index contributed by atoms with van der Waals surface area (Å²) in [5, 5.41) is 0. The van der Waals surface area contributed by atoms with Gasteiger partial charge in [-0.2, -0.15) is 0 Å². The minimum Gasteiger partial charge on any atom is 0 e. The third-order valence-corrected chi connectivity index (χ3v) is 0. The first-order valence-electron chi connectivity index (χ1n) is 0. The van der Waals surface area contributed by atoms with E-state index >= 15 is 0 Å². The van der Waals surface area contributed by atoms with Gasteiger partial charge in [0.15, 0.2) is 0 Å². The Hall–Kier alpha value is 4.04. The molecule has 0 unspecified atom stereocenters. The summed E-state index contributed by atoms with van der Waals surface area (Å²) in [5.41, 5.74) is 0. The number of hydrogen-bond acceptors (Lipinski definition) is 0. The molecule has 0 amide bonds. The van der Waals surface area contributed by atoms with Gasteiger partial charge in [0.05, 0.1) is 0 Å². The first-order valence-corrected chi connectivity index (χ1v) is 0. The van der Waals surface area contributed by atoms with E-state index in [0.29, 0.717) is 0 Å². The van der Waals surface area contributed by atoms with E-state index in [9.17, 15) is 0 Å². The third kappa shape index (κ3) is 18.0. The zero-order valence-corrected chi connectivity index (χ0v) is 6.82. The van der Waals surface area contributed by atoms with E-state index in [2.05, 4.69) is 0 Å². The summed E-state index contributed by atoms with van der Waals surface area (Å²) in [7, 11) is 0. The molecule has 5 heteroatoms. The summed E-state index contributed by atoms with van der Waals surface area (Å²) in [5.74, 6) is 0. The molecule has 0 aromatic rings. The summed E-state index contributed by atoms with van der Waals surface area (Å²) >= 11 is 0. The minimum atomic E-state index is 0. The number of halogens is 1. The topological polar surface area (TPSA) is 0 Å². The predicted molar refractivity (Wildman–Crippen MR) is 21.5 cm³/mol. The Bertz CT molecular complexity index is 11.6. The first-order chi connectivity index (χ1) is 0. The van der Waals surface area contributed by atoms with Gasteiger partial charge in [0.2, 0.25) is 0 Å². The Labute approximate surface area is 125 Å². The molecule has 0 saturated heterocycles. The molecule has 0 aliphatic carbocycles. The van der Waals surface area contributed by atoms with Gasteiger partial charge in [-0.05, 0) is 0 Å². The van der Waals surface area contributed by atoms with Gasteiger partial charge in [0.1, 0.15) is 0 Å². The summed E-state index contributed by atoms with van der Waals surface area (Å²) in [6.07, 6.45) is 0. The summed E-state index contributed by atoms with van der Waals surface area (Å²) in [6.45, 7) is 0. The first kappa shape index (κ1) is 35.8. The van der Waals surface area contributed by atoms with Crippen molar-refractivity contribution in [2.75, 3.05) is 0 Å². The monoisotopic (exact) mass is 483 g/mol. The van der Waals surface area contributed by atoms with Crippen molar-refractivity contribution >= 4 is 86.8 Å². The second-order valence-corrected chi connectivity index (χ2v) is 0. The molecule has 5 heavy (non-hydrogen) atoms. The van der Waals surface area contributed by atoms with E-state index in [1.165, 1.54) is 0 Å². The molecule has 0 aliphatic rings. The van der Waals surface area contributed by atoms with Crippen LogP contribution >= 0.6 is 12.4 Å². The van der Waals surface area contributed by atoms with Crippen LogP contribution in [0.3, 0.4) is 0 Å². The van der Waals surface area contributed by atoms with Crippen LogP contribution < -0.4 is 0 Å². The SMILES string of the molecule is [Cl].[KH].[MgH2].[Pt].[Re]. The zero-order chi connectivity index (χ0) is 0. The van der Waals surface area contributed by atoms with E-state index in [1.807, 2.05) is 0 Å². The molecular formula is H3ClKMgPtRe. The molecule has 0 saturated carbocycles. The van der Waals surface area contributed by atoms with Crippen LogP contribution in [-0.4, -0.2) is 74.4 Å². The van der Waals surface area contributed by atoms with E-state index < -0.39 is 0 Å². The molecule has 0 bridgehead atoms. The Morgan fingerprint density at radius 2 is 1.00 bits per heavy atom. The van der Waals surface area contributed by atoms with Crippen molar-refractivity contribution in [1.29, 1.82) is 0 Å². The average molecular weight is 483 g/mol. The van der Waals surface area contributed by atoms with Gasteiger partial charge in [-0.1, -0.05) is 0 Å². The second kappa shape index (κ2) is 24.4. The van der Waals surface area contributed by atoms with Crippen molar-refractivity contribution in [3.05, 3.63) is 0 Å². The summed E-state index contributed by atoms with van der Waals surface area (Å²) in [6, 6.07) is 0. The van der Waals surface area contributed by atoms with Crippen molar-refractivity contribution in [3.63, 3.8) is 0 Å². The molecule has 0 spiro atoms. The molecule has 0 aromatic carbocycles. The Kier molecular flexibility index (Phi) is 175. The van der Waals surface area contributed by atoms with Gasteiger partial charge >= 0.3 is 74.4 Å². The van der Waals surface area contributed by atoms with Crippen LogP contribution in [0, 0.1) is 0 Å². The standard InChI is InChI=1S/Cl.K.Mg.Pt.Re.3H. The fourth-order valence-electron chi connectivity index (χ4n) is 0. The van der Waals surface area contributed by atoms with Crippen LogP contribution in [0.15, 0.2) is 0 Å². The van der Waals surface area contributed by atoms with Crippen molar-refractivity contribution in [2.24, 2.45) is 0 Å². The Balaban J connectivity index is 0. The smallest absolute Gasteiger partial charge is 0 e. The fraction of sp³-hybridized carbons (Fsp3) is 0. The summed E-state index contributed by atoms with van der Waals surface area (Å²) in [4.78, 5) is 0. The quantitative estimate of drug-likeness (QED) is 0.393. The van der Waals surface area contributed by atoms with E-state index in [-0.39, 0.29) is 128 Å². The minimum absolute atomic E-state index is 0.